The lowest BCUT2D eigenvalue weighted by Crippen LogP contribution is -2.29. The van der Waals surface area contributed by atoms with Crippen molar-refractivity contribution in [2.24, 2.45) is 5.92 Å². The van der Waals surface area contributed by atoms with Crippen molar-refractivity contribution in [2.75, 3.05) is 6.54 Å². The maximum atomic E-state index is 11.9. The third-order valence-corrected chi connectivity index (χ3v) is 3.67. The van der Waals surface area contributed by atoms with E-state index in [2.05, 4.69) is 43.8 Å². The summed E-state index contributed by atoms with van der Waals surface area (Å²) in [4.78, 5) is 22.4. The van der Waals surface area contributed by atoms with Gasteiger partial charge < -0.3 is 10.4 Å². The van der Waals surface area contributed by atoms with Gasteiger partial charge in [0.1, 0.15) is 0 Å². The van der Waals surface area contributed by atoms with Crippen LogP contribution in [-0.2, 0) is 4.79 Å². The van der Waals surface area contributed by atoms with Gasteiger partial charge in [-0.3, -0.25) is 9.59 Å². The smallest absolute Gasteiger partial charge is 0.303 e. The topological polar surface area (TPSA) is 66.4 Å². The van der Waals surface area contributed by atoms with Crippen molar-refractivity contribution in [2.45, 2.75) is 13.3 Å². The van der Waals surface area contributed by atoms with Crippen LogP contribution < -0.4 is 5.32 Å². The van der Waals surface area contributed by atoms with Crippen molar-refractivity contribution in [1.82, 2.24) is 5.32 Å². The zero-order valence-corrected chi connectivity index (χ0v) is 13.5. The molecule has 1 amide bonds. The Hall–Kier alpha value is -0.630. The van der Waals surface area contributed by atoms with Crippen LogP contribution >= 0.6 is 38.5 Å². The van der Waals surface area contributed by atoms with Gasteiger partial charge in [0.05, 0.1) is 5.56 Å². The first kappa shape index (κ1) is 15.4. The van der Waals surface area contributed by atoms with Gasteiger partial charge in [-0.15, -0.1) is 0 Å². The molecule has 0 spiro atoms. The van der Waals surface area contributed by atoms with E-state index in [1.165, 1.54) is 0 Å². The molecular formula is C12H13BrINO3. The Morgan fingerprint density at radius 3 is 2.78 bits per heavy atom. The highest BCUT2D eigenvalue weighted by molar-refractivity contribution is 14.1. The van der Waals surface area contributed by atoms with Crippen molar-refractivity contribution in [1.29, 1.82) is 0 Å². The molecule has 1 unspecified atom stereocenters. The van der Waals surface area contributed by atoms with Crippen LogP contribution in [-0.4, -0.2) is 23.5 Å². The van der Waals surface area contributed by atoms with Crippen LogP contribution in [0.2, 0.25) is 0 Å². The normalized spacial score (nSPS) is 11.9. The van der Waals surface area contributed by atoms with E-state index in [9.17, 15) is 9.59 Å². The molecule has 1 rings (SSSR count). The van der Waals surface area contributed by atoms with Crippen molar-refractivity contribution in [3.05, 3.63) is 31.8 Å². The summed E-state index contributed by atoms with van der Waals surface area (Å²) in [6, 6.07) is 5.49. The van der Waals surface area contributed by atoms with Gasteiger partial charge in [-0.25, -0.2) is 0 Å². The maximum absolute atomic E-state index is 11.9. The van der Waals surface area contributed by atoms with Crippen LogP contribution in [0.4, 0.5) is 0 Å². The summed E-state index contributed by atoms with van der Waals surface area (Å²) >= 11 is 5.45. The predicted molar refractivity (Wildman–Crippen MR) is 80.6 cm³/mol. The average Bonchev–Trinajstić information content (AvgIpc) is 2.28. The lowest BCUT2D eigenvalue weighted by Gasteiger charge is -2.11. The number of amides is 1. The van der Waals surface area contributed by atoms with Gasteiger partial charge in [-0.1, -0.05) is 6.92 Å². The summed E-state index contributed by atoms with van der Waals surface area (Å²) in [6.45, 7) is 2.14. The first-order valence-corrected chi connectivity index (χ1v) is 7.22. The molecular weight excluding hydrogens is 413 g/mol. The Morgan fingerprint density at radius 1 is 1.50 bits per heavy atom. The first-order chi connectivity index (χ1) is 8.40. The number of carbonyl (C=O) groups is 2. The molecule has 1 atom stereocenters. The molecule has 0 aliphatic rings. The molecule has 0 aliphatic heterocycles. The Morgan fingerprint density at radius 2 is 2.17 bits per heavy atom. The largest absolute Gasteiger partial charge is 0.481 e. The average molecular weight is 426 g/mol. The molecule has 2 N–H and O–H groups in total. The minimum absolute atomic E-state index is 0.0494. The highest BCUT2D eigenvalue weighted by atomic mass is 127. The van der Waals surface area contributed by atoms with E-state index in [1.54, 1.807) is 13.0 Å². The van der Waals surface area contributed by atoms with E-state index in [4.69, 9.17) is 5.11 Å². The van der Waals surface area contributed by atoms with Gasteiger partial charge in [0.15, 0.2) is 0 Å². The van der Waals surface area contributed by atoms with E-state index < -0.39 is 5.97 Å². The minimum atomic E-state index is -0.854. The zero-order chi connectivity index (χ0) is 13.7. The summed E-state index contributed by atoms with van der Waals surface area (Å²) in [5.74, 6) is -1.14. The summed E-state index contributed by atoms with van der Waals surface area (Å²) in [7, 11) is 0. The van der Waals surface area contributed by atoms with Crippen LogP contribution in [0.25, 0.3) is 0 Å². The van der Waals surface area contributed by atoms with E-state index >= 15 is 0 Å². The Balaban J connectivity index is 2.60. The molecule has 0 saturated heterocycles. The number of carboxylic acid groups (broad SMARTS) is 1. The molecule has 0 bridgehead atoms. The lowest BCUT2D eigenvalue weighted by atomic mass is 10.1. The predicted octanol–water partition coefficient (Wildman–Crippen LogP) is 2.89. The SMILES string of the molecule is CC(CNC(=O)c1cc(I)ccc1Br)CC(=O)O. The number of halogens is 2. The minimum Gasteiger partial charge on any atom is -0.481 e. The third kappa shape index (κ3) is 4.93. The van der Waals surface area contributed by atoms with Gasteiger partial charge >= 0.3 is 5.97 Å². The van der Waals surface area contributed by atoms with Crippen molar-refractivity contribution in [3.63, 3.8) is 0 Å². The van der Waals surface area contributed by atoms with E-state index in [0.717, 1.165) is 8.04 Å². The van der Waals surface area contributed by atoms with E-state index in [1.807, 2.05) is 12.1 Å². The van der Waals surface area contributed by atoms with Gasteiger partial charge in [-0.05, 0) is 62.6 Å². The third-order valence-electron chi connectivity index (χ3n) is 2.31. The van der Waals surface area contributed by atoms with Crippen LogP contribution in [0, 0.1) is 9.49 Å². The second-order valence-electron chi connectivity index (χ2n) is 4.04. The highest BCUT2D eigenvalue weighted by Gasteiger charge is 2.13. The van der Waals surface area contributed by atoms with E-state index in [0.29, 0.717) is 12.1 Å². The van der Waals surface area contributed by atoms with Gasteiger partial charge in [0.25, 0.3) is 5.91 Å². The van der Waals surface area contributed by atoms with Crippen LogP contribution in [0.15, 0.2) is 22.7 Å². The zero-order valence-electron chi connectivity index (χ0n) is 9.74. The first-order valence-electron chi connectivity index (χ1n) is 5.35. The molecule has 0 heterocycles. The highest BCUT2D eigenvalue weighted by Crippen LogP contribution is 2.19. The summed E-state index contributed by atoms with van der Waals surface area (Å²) in [6.07, 6.45) is 0.0494. The lowest BCUT2D eigenvalue weighted by molar-refractivity contribution is -0.137. The van der Waals surface area contributed by atoms with Crippen molar-refractivity contribution < 1.29 is 14.7 Å². The molecule has 0 aliphatic carbocycles. The molecule has 0 fully saturated rings. The summed E-state index contributed by atoms with van der Waals surface area (Å²) < 4.78 is 1.70. The van der Waals surface area contributed by atoms with Gasteiger partial charge in [-0.2, -0.15) is 0 Å². The van der Waals surface area contributed by atoms with Crippen LogP contribution in [0.1, 0.15) is 23.7 Å². The number of rotatable bonds is 5. The fourth-order valence-corrected chi connectivity index (χ4v) is 2.32. The van der Waals surface area contributed by atoms with Gasteiger partial charge in [0, 0.05) is 21.0 Å². The Kier molecular flexibility index (Phi) is 6.07. The molecule has 1 aromatic rings. The summed E-state index contributed by atoms with van der Waals surface area (Å²) in [5.41, 5.74) is 0.560. The second-order valence-corrected chi connectivity index (χ2v) is 6.14. The Labute approximate surface area is 127 Å². The number of nitrogens with one attached hydrogen (secondary N) is 1. The second kappa shape index (κ2) is 7.08. The number of carboxylic acids is 1. The number of hydrogen-bond acceptors (Lipinski definition) is 2. The number of aliphatic carboxylic acids is 1. The fourth-order valence-electron chi connectivity index (χ4n) is 1.40. The maximum Gasteiger partial charge on any atom is 0.303 e. The monoisotopic (exact) mass is 425 g/mol. The standard InChI is InChI=1S/C12H13BrINO3/c1-7(4-11(16)17)6-15-12(18)9-5-8(14)2-3-10(9)13/h2-3,5,7H,4,6H2,1H3,(H,15,18)(H,16,17). The molecule has 18 heavy (non-hydrogen) atoms. The van der Waals surface area contributed by atoms with Crippen molar-refractivity contribution in [3.8, 4) is 0 Å². The summed E-state index contributed by atoms with van der Waals surface area (Å²) in [5, 5.41) is 11.4. The quantitative estimate of drug-likeness (QED) is 0.713. The Bertz CT molecular complexity index is 465. The van der Waals surface area contributed by atoms with Gasteiger partial charge in [0.2, 0.25) is 0 Å². The number of carbonyl (C=O) groups excluding carboxylic acids is 1. The number of benzene rings is 1. The molecule has 0 aromatic heterocycles. The molecule has 98 valence electrons. The van der Waals surface area contributed by atoms with Crippen molar-refractivity contribution >= 4 is 50.4 Å². The molecule has 6 heteroatoms. The molecule has 0 saturated carbocycles. The van der Waals surface area contributed by atoms with E-state index in [-0.39, 0.29) is 18.2 Å². The fraction of sp³-hybridized carbons (Fsp3) is 0.333. The molecule has 1 aromatic carbocycles. The number of hydrogen-bond donors (Lipinski definition) is 2. The molecule has 0 radical (unpaired) electrons. The molecule has 4 nitrogen and oxygen atoms in total. The van der Waals surface area contributed by atoms with Crippen LogP contribution in [0.5, 0.6) is 0 Å². The van der Waals surface area contributed by atoms with Crippen LogP contribution in [0.3, 0.4) is 0 Å².